The molecule has 1 N–H and O–H groups in total. The number of aryl methyl sites for hydroxylation is 1. The molecule has 1 aliphatic carbocycles. The van der Waals surface area contributed by atoms with Crippen molar-refractivity contribution in [2.24, 2.45) is 5.92 Å². The lowest BCUT2D eigenvalue weighted by Crippen LogP contribution is -2.26. The monoisotopic (exact) mass is 242 g/mol. The van der Waals surface area contributed by atoms with E-state index in [1.807, 2.05) is 6.92 Å². The molecular weight excluding hydrogens is 228 g/mol. The van der Waals surface area contributed by atoms with E-state index in [9.17, 15) is 4.79 Å². The van der Waals surface area contributed by atoms with Gasteiger partial charge in [0.05, 0.1) is 5.69 Å². The van der Waals surface area contributed by atoms with Crippen LogP contribution in [-0.2, 0) is 11.2 Å². The van der Waals surface area contributed by atoms with Crippen LogP contribution < -0.4 is 5.32 Å². The van der Waals surface area contributed by atoms with Gasteiger partial charge in [0.25, 0.3) is 0 Å². The van der Waals surface area contributed by atoms with Crippen LogP contribution in [0.15, 0.2) is 4.52 Å². The van der Waals surface area contributed by atoms with Crippen LogP contribution in [-0.4, -0.2) is 17.1 Å². The normalized spacial score (nSPS) is 23.2. The van der Waals surface area contributed by atoms with E-state index in [4.69, 9.17) is 16.1 Å². The highest BCUT2D eigenvalue weighted by molar-refractivity contribution is 6.29. The fraction of sp³-hybridized carbons (Fsp3) is 0.636. The van der Waals surface area contributed by atoms with Gasteiger partial charge in [0.15, 0.2) is 0 Å². The molecule has 1 heterocycles. The second-order valence-corrected chi connectivity index (χ2v) is 4.75. The Bertz CT molecular complexity index is 383. The second-order valence-electron chi connectivity index (χ2n) is 4.41. The Kier molecular flexibility index (Phi) is 3.19. The van der Waals surface area contributed by atoms with Gasteiger partial charge in [-0.1, -0.05) is 12.1 Å². The molecule has 1 aromatic heterocycles. The molecule has 2 atom stereocenters. The highest BCUT2D eigenvalue weighted by Gasteiger charge is 2.33. The maximum Gasteiger partial charge on any atom is 0.229 e. The van der Waals surface area contributed by atoms with Crippen molar-refractivity contribution in [3.8, 4) is 0 Å². The van der Waals surface area contributed by atoms with E-state index in [-0.39, 0.29) is 5.91 Å². The number of halogens is 1. The molecule has 2 rings (SSSR count). The summed E-state index contributed by atoms with van der Waals surface area (Å²) in [4.78, 5) is 11.6. The van der Waals surface area contributed by atoms with Crippen molar-refractivity contribution < 1.29 is 9.32 Å². The average molecular weight is 243 g/mol. The third-order valence-electron chi connectivity index (χ3n) is 2.99. The fourth-order valence-corrected chi connectivity index (χ4v) is 1.95. The Morgan fingerprint density at radius 1 is 1.69 bits per heavy atom. The van der Waals surface area contributed by atoms with Crippen molar-refractivity contribution >= 4 is 17.5 Å². The first-order chi connectivity index (χ1) is 7.58. The van der Waals surface area contributed by atoms with E-state index in [2.05, 4.69) is 17.4 Å². The second kappa shape index (κ2) is 4.45. The number of hydrogen-bond donors (Lipinski definition) is 1. The van der Waals surface area contributed by atoms with Crippen LogP contribution in [0, 0.1) is 12.8 Å². The number of nitrogens with one attached hydrogen (secondary N) is 1. The summed E-state index contributed by atoms with van der Waals surface area (Å²) >= 11 is 5.81. The summed E-state index contributed by atoms with van der Waals surface area (Å²) in [6.45, 7) is 3.96. The van der Waals surface area contributed by atoms with Crippen LogP contribution in [0.4, 0.5) is 0 Å². The van der Waals surface area contributed by atoms with Crippen molar-refractivity contribution in [2.45, 2.75) is 39.2 Å². The summed E-state index contributed by atoms with van der Waals surface area (Å²) in [5.74, 6) is 0.705. The third-order valence-corrected chi connectivity index (χ3v) is 3.29. The smallest absolute Gasteiger partial charge is 0.229 e. The maximum absolute atomic E-state index is 11.6. The van der Waals surface area contributed by atoms with E-state index in [1.165, 1.54) is 0 Å². The van der Waals surface area contributed by atoms with Gasteiger partial charge >= 0.3 is 0 Å². The van der Waals surface area contributed by atoms with Gasteiger partial charge in [0.2, 0.25) is 11.1 Å². The molecule has 1 amide bonds. The van der Waals surface area contributed by atoms with Gasteiger partial charge in [-0.15, -0.1) is 0 Å². The van der Waals surface area contributed by atoms with Crippen LogP contribution >= 0.6 is 11.6 Å². The van der Waals surface area contributed by atoms with Gasteiger partial charge in [-0.3, -0.25) is 4.79 Å². The van der Waals surface area contributed by atoms with Crippen molar-refractivity contribution in [3.05, 3.63) is 16.5 Å². The lowest BCUT2D eigenvalue weighted by Gasteiger charge is -2.02. The number of nitrogens with zero attached hydrogens (tertiary/aromatic N) is 1. The molecule has 1 aliphatic rings. The molecule has 88 valence electrons. The van der Waals surface area contributed by atoms with Crippen molar-refractivity contribution in [1.29, 1.82) is 0 Å². The summed E-state index contributed by atoms with van der Waals surface area (Å²) in [6, 6.07) is 0.381. The summed E-state index contributed by atoms with van der Waals surface area (Å²) in [7, 11) is 0. The zero-order valence-corrected chi connectivity index (χ0v) is 10.2. The number of carbonyl (C=O) groups is 1. The molecule has 0 bridgehead atoms. The summed E-state index contributed by atoms with van der Waals surface area (Å²) in [5, 5.41) is 7.01. The van der Waals surface area contributed by atoms with Gasteiger partial charge < -0.3 is 9.84 Å². The molecule has 0 radical (unpaired) electrons. The summed E-state index contributed by atoms with van der Waals surface area (Å²) in [5.41, 5.74) is 1.60. The minimum absolute atomic E-state index is 0.0750. The van der Waals surface area contributed by atoms with Crippen molar-refractivity contribution in [3.63, 3.8) is 0 Å². The third kappa shape index (κ3) is 2.55. The minimum atomic E-state index is 0.0750. The number of amides is 1. The molecule has 2 unspecified atom stereocenters. The Hall–Kier alpha value is -1.03. The first-order valence-corrected chi connectivity index (χ1v) is 5.85. The molecule has 0 aromatic carbocycles. The lowest BCUT2D eigenvalue weighted by molar-refractivity contribution is -0.121. The van der Waals surface area contributed by atoms with Gasteiger partial charge in [-0.05, 0) is 37.3 Å². The minimum Gasteiger partial charge on any atom is -0.353 e. The van der Waals surface area contributed by atoms with Crippen LogP contribution in [0.5, 0.6) is 0 Å². The lowest BCUT2D eigenvalue weighted by atomic mass is 10.1. The Balaban J connectivity index is 1.80. The summed E-state index contributed by atoms with van der Waals surface area (Å²) < 4.78 is 4.82. The van der Waals surface area contributed by atoms with Gasteiger partial charge in [-0.25, -0.2) is 0 Å². The molecule has 4 nitrogen and oxygen atoms in total. The fourth-order valence-electron chi connectivity index (χ4n) is 1.68. The number of carbonyl (C=O) groups excluding carboxylic acids is 1. The predicted molar refractivity (Wildman–Crippen MR) is 60.3 cm³/mol. The van der Waals surface area contributed by atoms with Crippen LogP contribution in [0.1, 0.15) is 31.0 Å². The van der Waals surface area contributed by atoms with Crippen LogP contribution in [0.3, 0.4) is 0 Å². The Labute approximate surface area is 99.3 Å². The molecule has 16 heavy (non-hydrogen) atoms. The van der Waals surface area contributed by atoms with Gasteiger partial charge in [0, 0.05) is 18.0 Å². The number of aromatic nitrogens is 1. The number of hydrogen-bond acceptors (Lipinski definition) is 3. The zero-order valence-electron chi connectivity index (χ0n) is 9.42. The zero-order chi connectivity index (χ0) is 11.7. The van der Waals surface area contributed by atoms with Gasteiger partial charge in [0.1, 0.15) is 0 Å². The molecule has 0 spiro atoms. The molecule has 1 fully saturated rings. The summed E-state index contributed by atoms with van der Waals surface area (Å²) in [6.07, 6.45) is 2.12. The highest BCUT2D eigenvalue weighted by Crippen LogP contribution is 2.29. The Morgan fingerprint density at radius 2 is 2.38 bits per heavy atom. The molecule has 5 heteroatoms. The van der Waals surface area contributed by atoms with Crippen molar-refractivity contribution in [2.75, 3.05) is 0 Å². The van der Waals surface area contributed by atoms with Gasteiger partial charge in [-0.2, -0.15) is 0 Å². The SMILES string of the molecule is Cc1noc(Cl)c1CCC(=O)NC1CC1C. The van der Waals surface area contributed by atoms with E-state index in [0.29, 0.717) is 30.0 Å². The van der Waals surface area contributed by atoms with Crippen molar-refractivity contribution in [1.82, 2.24) is 10.5 Å². The van der Waals surface area contributed by atoms with E-state index in [0.717, 1.165) is 17.7 Å². The topological polar surface area (TPSA) is 55.1 Å². The largest absolute Gasteiger partial charge is 0.353 e. The van der Waals surface area contributed by atoms with E-state index >= 15 is 0 Å². The first-order valence-electron chi connectivity index (χ1n) is 5.48. The molecular formula is C11H15ClN2O2. The first kappa shape index (κ1) is 11.5. The van der Waals surface area contributed by atoms with Crippen LogP contribution in [0.25, 0.3) is 0 Å². The molecule has 0 saturated heterocycles. The van der Waals surface area contributed by atoms with E-state index in [1.54, 1.807) is 0 Å². The standard InChI is InChI=1S/C11H15ClN2O2/c1-6-5-9(6)13-10(15)4-3-8-7(2)14-16-11(8)12/h6,9H,3-5H2,1-2H3,(H,13,15). The number of rotatable bonds is 4. The quantitative estimate of drug-likeness (QED) is 0.880. The van der Waals surface area contributed by atoms with E-state index < -0.39 is 0 Å². The highest BCUT2D eigenvalue weighted by atomic mass is 35.5. The predicted octanol–water partition coefficient (Wildman–Crippen LogP) is 2.09. The average Bonchev–Trinajstić information content (AvgIpc) is 2.81. The molecule has 1 saturated carbocycles. The maximum atomic E-state index is 11.6. The molecule has 1 aromatic rings. The Morgan fingerprint density at radius 3 is 2.88 bits per heavy atom. The molecule has 0 aliphatic heterocycles. The van der Waals surface area contributed by atoms with Crippen LogP contribution in [0.2, 0.25) is 5.22 Å².